The zero-order valence-corrected chi connectivity index (χ0v) is 32.1. The van der Waals surface area contributed by atoms with Gasteiger partial charge >= 0.3 is 0 Å². The lowest BCUT2D eigenvalue weighted by Crippen LogP contribution is -2.11. The Labute approximate surface area is 331 Å². The molecule has 0 aliphatic rings. The van der Waals surface area contributed by atoms with Crippen LogP contribution in [0, 0.1) is 0 Å². The van der Waals surface area contributed by atoms with Crippen molar-refractivity contribution in [3.05, 3.63) is 105 Å². The molecule has 2 heterocycles. The lowest BCUT2D eigenvalue weighted by atomic mass is 10.1. The fourth-order valence-corrected chi connectivity index (χ4v) is 6.67. The summed E-state index contributed by atoms with van der Waals surface area (Å²) in [7, 11) is -20.9. The molecule has 59 heavy (non-hydrogen) atoms. The molecule has 312 valence electrons. The van der Waals surface area contributed by atoms with E-state index in [0.717, 1.165) is 60.7 Å². The van der Waals surface area contributed by atoms with Gasteiger partial charge in [-0.3, -0.25) is 9.59 Å². The second-order valence-electron chi connectivity index (χ2n) is 11.6. The van der Waals surface area contributed by atoms with Crippen molar-refractivity contribution in [3.8, 4) is 57.1 Å². The van der Waals surface area contributed by atoms with E-state index in [1.54, 1.807) is 0 Å². The first kappa shape index (κ1) is 42.3. The predicted molar refractivity (Wildman–Crippen MR) is 193 cm³/mol. The van der Waals surface area contributed by atoms with Crippen LogP contribution < -0.4 is 37.1 Å². The van der Waals surface area contributed by atoms with Crippen LogP contribution in [0.15, 0.2) is 103 Å². The van der Waals surface area contributed by atoms with E-state index in [1.165, 1.54) is 24.3 Å². The van der Waals surface area contributed by atoms with Gasteiger partial charge in [-0.2, -0.15) is 0 Å². The molecule has 0 saturated heterocycles. The van der Waals surface area contributed by atoms with Gasteiger partial charge < -0.3 is 53.3 Å². The largest absolute Gasteiger partial charge is 0.716 e. The number of fused-ring (bicyclic) bond motifs is 2. The minimum atomic E-state index is -5.35. The molecule has 2 aromatic heterocycles. The monoisotopic (exact) mass is 896 g/mol. The molecule has 0 atom stereocenters. The Hall–Kier alpha value is -6.26. The average molecular weight is 897 g/mol. The van der Waals surface area contributed by atoms with Gasteiger partial charge in [-0.05, 0) is 48.5 Å². The lowest BCUT2D eigenvalue weighted by Gasteiger charge is -2.15. The van der Waals surface area contributed by atoms with Crippen LogP contribution in [0.2, 0.25) is 0 Å². The molecule has 0 amide bonds. The van der Waals surface area contributed by atoms with Crippen LogP contribution in [0.4, 0.5) is 0 Å². The van der Waals surface area contributed by atoms with Crippen LogP contribution in [-0.2, 0) is 41.6 Å². The summed E-state index contributed by atoms with van der Waals surface area (Å²) in [6, 6.07) is 15.0. The van der Waals surface area contributed by atoms with Crippen LogP contribution in [0.1, 0.15) is 6.42 Å². The first-order chi connectivity index (χ1) is 27.5. The van der Waals surface area contributed by atoms with Crippen LogP contribution in [-0.4, -0.2) is 65.1 Å². The van der Waals surface area contributed by atoms with E-state index in [9.17, 15) is 61.5 Å². The van der Waals surface area contributed by atoms with Crippen molar-refractivity contribution >= 4 is 63.5 Å². The minimum absolute atomic E-state index is 0.0767. The Balaban J connectivity index is 1.25. The smallest absolute Gasteiger partial charge is 0.262 e. The number of ether oxygens (including phenoxy) is 2. The SMILES string of the molecule is O=c1cc(-c2ccc(OS(=O)(=O)[O-])cc2)oc2cc(OS(=O)(=O)[O-])cc(OCCCOc3cc(OS(=O)(=O)[O-])cc4oc(-c5ccc(OS(=O)(=O)[O-])cc5)cc(=O)c34)c12. The van der Waals surface area contributed by atoms with E-state index in [0.29, 0.717) is 0 Å². The van der Waals surface area contributed by atoms with Gasteiger partial charge in [-0.15, -0.1) is 0 Å². The third kappa shape index (κ3) is 11.4. The van der Waals surface area contributed by atoms with Crippen molar-refractivity contribution in [2.24, 2.45) is 0 Å². The van der Waals surface area contributed by atoms with Gasteiger partial charge in [0, 0.05) is 53.9 Å². The fraction of sp³-hybridized carbons (Fsp3) is 0.0909. The standard InChI is InChI=1S/C33H24O22S4/c34-24-16-26(18-2-6-20(7-3-18)52-56(36,37)38)50-30-14-22(54-58(42,43)44)12-28(32(24)30)48-10-1-11-49-29-13-23(55-59(45,46)47)15-31-33(29)25(35)17-27(51-31)19-4-8-21(9-5-19)53-57(39,40)41/h2-9,12-17H,1,10-11H2,(H,36,37,38)(H,39,40,41)(H,42,43,44)(H,45,46,47)/p-4. The molecule has 22 nitrogen and oxygen atoms in total. The molecule has 0 unspecified atom stereocenters. The van der Waals surface area contributed by atoms with Gasteiger partial charge in [-0.1, -0.05) is 0 Å². The Bertz CT molecular complexity index is 2940. The number of rotatable bonds is 16. The van der Waals surface area contributed by atoms with Gasteiger partial charge in [-0.25, -0.2) is 33.7 Å². The summed E-state index contributed by atoms with van der Waals surface area (Å²) in [5.41, 5.74) is -1.80. The molecule has 0 N–H and O–H groups in total. The summed E-state index contributed by atoms with van der Waals surface area (Å²) in [4.78, 5) is 26.6. The van der Waals surface area contributed by atoms with Crippen LogP contribution in [0.5, 0.6) is 34.5 Å². The summed E-state index contributed by atoms with van der Waals surface area (Å²) in [5.74, 6) is -2.86. The molecule has 6 aromatic rings. The molecule has 6 rings (SSSR count). The molecule has 4 aromatic carbocycles. The number of benzene rings is 4. The van der Waals surface area contributed by atoms with Crippen molar-refractivity contribution in [1.29, 1.82) is 0 Å². The van der Waals surface area contributed by atoms with Crippen molar-refractivity contribution in [1.82, 2.24) is 0 Å². The van der Waals surface area contributed by atoms with Gasteiger partial charge in [0.2, 0.25) is 0 Å². The number of hydrogen-bond donors (Lipinski definition) is 0. The highest BCUT2D eigenvalue weighted by molar-refractivity contribution is 7.81. The molecule has 0 bridgehead atoms. The number of hydrogen-bond acceptors (Lipinski definition) is 22. The highest BCUT2D eigenvalue weighted by Crippen LogP contribution is 2.35. The molecule has 0 spiro atoms. The van der Waals surface area contributed by atoms with E-state index in [1.807, 2.05) is 0 Å². The van der Waals surface area contributed by atoms with Crippen LogP contribution in [0.25, 0.3) is 44.6 Å². The third-order valence-corrected chi connectivity index (χ3v) is 9.00. The van der Waals surface area contributed by atoms with E-state index in [-0.39, 0.29) is 87.2 Å². The Morgan fingerprint density at radius 2 is 0.763 bits per heavy atom. The second kappa shape index (κ2) is 16.2. The van der Waals surface area contributed by atoms with Crippen molar-refractivity contribution in [2.45, 2.75) is 6.42 Å². The van der Waals surface area contributed by atoms with Gasteiger partial charge in [0.1, 0.15) is 68.0 Å². The van der Waals surface area contributed by atoms with Crippen LogP contribution in [0.3, 0.4) is 0 Å². The first-order valence-electron chi connectivity index (χ1n) is 15.8. The zero-order chi connectivity index (χ0) is 42.9. The van der Waals surface area contributed by atoms with E-state index in [2.05, 4.69) is 16.7 Å². The molecule has 0 aliphatic heterocycles. The predicted octanol–water partition coefficient (Wildman–Crippen LogP) is 2.44. The van der Waals surface area contributed by atoms with Gasteiger partial charge in [0.05, 0.1) is 13.2 Å². The maximum Gasteiger partial charge on any atom is 0.262 e. The highest BCUT2D eigenvalue weighted by Gasteiger charge is 2.19. The third-order valence-electron chi connectivity index (χ3n) is 7.41. The molecule has 0 radical (unpaired) electrons. The first-order valence-corrected chi connectivity index (χ1v) is 21.1. The van der Waals surface area contributed by atoms with E-state index in [4.69, 9.17) is 18.3 Å². The summed E-state index contributed by atoms with van der Waals surface area (Å²) in [6.07, 6.45) is -0.0767. The second-order valence-corrected chi connectivity index (χ2v) is 15.5. The summed E-state index contributed by atoms with van der Waals surface area (Å²) in [5, 5.41) is -0.494. The highest BCUT2D eigenvalue weighted by atomic mass is 32.3. The summed E-state index contributed by atoms with van der Waals surface area (Å²) < 4.78 is 174. The van der Waals surface area contributed by atoms with Gasteiger partial charge in [0.25, 0.3) is 41.6 Å². The quantitative estimate of drug-likeness (QED) is 0.0764. The summed E-state index contributed by atoms with van der Waals surface area (Å²) >= 11 is 0. The molecule has 0 aliphatic carbocycles. The zero-order valence-electron chi connectivity index (χ0n) is 28.8. The topological polar surface area (TPSA) is 345 Å². The maximum atomic E-state index is 13.3. The van der Waals surface area contributed by atoms with E-state index >= 15 is 0 Å². The van der Waals surface area contributed by atoms with Crippen LogP contribution >= 0.6 is 0 Å². The Morgan fingerprint density at radius 1 is 0.441 bits per heavy atom. The molecular weight excluding hydrogens is 877 g/mol. The molecule has 0 saturated carbocycles. The fourth-order valence-electron chi connectivity index (χ4n) is 5.31. The van der Waals surface area contributed by atoms with Crippen molar-refractivity contribution < 1.29 is 86.9 Å². The van der Waals surface area contributed by atoms with Crippen molar-refractivity contribution in [3.63, 3.8) is 0 Å². The minimum Gasteiger partial charge on any atom is -0.716 e. The Kier molecular flexibility index (Phi) is 11.6. The molecule has 26 heteroatoms. The average Bonchev–Trinajstić information content (AvgIpc) is 3.08. The van der Waals surface area contributed by atoms with Crippen molar-refractivity contribution in [2.75, 3.05) is 13.2 Å². The lowest BCUT2D eigenvalue weighted by molar-refractivity contribution is 0.249. The normalized spacial score (nSPS) is 12.3. The summed E-state index contributed by atoms with van der Waals surface area (Å²) in [6.45, 7) is -0.633. The van der Waals surface area contributed by atoms with E-state index < -0.39 is 64.0 Å². The maximum absolute atomic E-state index is 13.3. The molecular formula is C33H20O22S4-4. The van der Waals surface area contributed by atoms with Gasteiger partial charge in [0.15, 0.2) is 10.9 Å². The molecule has 0 fully saturated rings. The Morgan fingerprint density at radius 3 is 1.08 bits per heavy atom.